The number of rotatable bonds is 3. The van der Waals surface area contributed by atoms with Gasteiger partial charge in [-0.15, -0.1) is 0 Å². The number of methoxy groups -OCH3 is 1. The highest BCUT2D eigenvalue weighted by Crippen LogP contribution is 2.36. The summed E-state index contributed by atoms with van der Waals surface area (Å²) in [6.45, 7) is 2.01. The number of hydrogen-bond donors (Lipinski definition) is 0. The van der Waals surface area contributed by atoms with Crippen LogP contribution < -0.4 is 10.4 Å². The van der Waals surface area contributed by atoms with Crippen LogP contribution in [0.25, 0.3) is 33.6 Å². The van der Waals surface area contributed by atoms with Crippen molar-refractivity contribution in [1.29, 1.82) is 0 Å². The molecule has 0 amide bonds. The molecule has 0 N–H and O–H groups in total. The molecule has 0 unspecified atom stereocenters. The highest BCUT2D eigenvalue weighted by Gasteiger charge is 2.14. The Balaban J connectivity index is 1.87. The Hall–Kier alpha value is -3.27. The molecule has 0 spiro atoms. The van der Waals surface area contributed by atoms with E-state index in [-0.39, 0.29) is 0 Å². The van der Waals surface area contributed by atoms with Crippen molar-refractivity contribution in [2.75, 3.05) is 7.11 Å². The molecule has 0 aliphatic heterocycles. The zero-order valence-corrected chi connectivity index (χ0v) is 13.9. The molecule has 0 bridgehead atoms. The number of fused-ring (bicyclic) bond motifs is 1. The lowest BCUT2D eigenvalue weighted by atomic mass is 10.1. The summed E-state index contributed by atoms with van der Waals surface area (Å²) >= 11 is 0. The maximum absolute atomic E-state index is 11.9. The standard InChI is InChI=1S/C21H16O4/c1-13-7-8-15(20(11-13)23-2)18-9-10-19(24-18)16-12-21(22)25-17-6-4-3-5-14(16)17/h3-12H,1-2H3. The molecule has 0 atom stereocenters. The van der Waals surface area contributed by atoms with Gasteiger partial charge in [0, 0.05) is 17.0 Å². The predicted octanol–water partition coefficient (Wildman–Crippen LogP) is 5.04. The van der Waals surface area contributed by atoms with Crippen LogP contribution in [0.1, 0.15) is 5.56 Å². The zero-order chi connectivity index (χ0) is 17.4. The van der Waals surface area contributed by atoms with Gasteiger partial charge in [-0.05, 0) is 42.8 Å². The van der Waals surface area contributed by atoms with Gasteiger partial charge < -0.3 is 13.6 Å². The van der Waals surface area contributed by atoms with Crippen molar-refractivity contribution < 1.29 is 13.6 Å². The Bertz CT molecular complexity index is 1120. The van der Waals surface area contributed by atoms with Gasteiger partial charge in [-0.2, -0.15) is 0 Å². The lowest BCUT2D eigenvalue weighted by Gasteiger charge is -2.07. The molecule has 0 fully saturated rings. The lowest BCUT2D eigenvalue weighted by molar-refractivity contribution is 0.414. The molecule has 0 aliphatic carbocycles. The van der Waals surface area contributed by atoms with E-state index in [2.05, 4.69) is 0 Å². The van der Waals surface area contributed by atoms with Crippen LogP contribution in [0, 0.1) is 6.92 Å². The first-order valence-corrected chi connectivity index (χ1v) is 7.94. The topological polar surface area (TPSA) is 52.6 Å². The second kappa shape index (κ2) is 5.98. The average molecular weight is 332 g/mol. The van der Waals surface area contributed by atoms with E-state index in [1.165, 1.54) is 6.07 Å². The second-order valence-electron chi connectivity index (χ2n) is 5.84. The van der Waals surface area contributed by atoms with Crippen molar-refractivity contribution in [3.05, 3.63) is 76.6 Å². The number of ether oxygens (including phenoxy) is 1. The van der Waals surface area contributed by atoms with Gasteiger partial charge in [0.1, 0.15) is 22.9 Å². The monoisotopic (exact) mass is 332 g/mol. The van der Waals surface area contributed by atoms with Gasteiger partial charge in [0.15, 0.2) is 0 Å². The molecule has 25 heavy (non-hydrogen) atoms. The molecular weight excluding hydrogens is 316 g/mol. The molecule has 0 aliphatic rings. The van der Waals surface area contributed by atoms with Crippen molar-refractivity contribution in [3.8, 4) is 28.4 Å². The van der Waals surface area contributed by atoms with Gasteiger partial charge in [-0.3, -0.25) is 0 Å². The first kappa shape index (κ1) is 15.3. The van der Waals surface area contributed by atoms with Crippen LogP contribution in [0.5, 0.6) is 5.75 Å². The highest BCUT2D eigenvalue weighted by atomic mass is 16.5. The third-order valence-electron chi connectivity index (χ3n) is 4.14. The summed E-state index contributed by atoms with van der Waals surface area (Å²) in [5.74, 6) is 2.05. The molecule has 0 saturated heterocycles. The quantitative estimate of drug-likeness (QED) is 0.493. The van der Waals surface area contributed by atoms with E-state index in [4.69, 9.17) is 13.6 Å². The summed E-state index contributed by atoms with van der Waals surface area (Å²) in [5, 5.41) is 0.832. The van der Waals surface area contributed by atoms with E-state index < -0.39 is 5.63 Å². The molecular formula is C21H16O4. The van der Waals surface area contributed by atoms with Crippen molar-refractivity contribution in [2.24, 2.45) is 0 Å². The third kappa shape index (κ3) is 2.72. The van der Waals surface area contributed by atoms with Crippen LogP contribution in [0.3, 0.4) is 0 Å². The van der Waals surface area contributed by atoms with Gasteiger partial charge >= 0.3 is 5.63 Å². The maximum atomic E-state index is 11.9. The first-order valence-electron chi connectivity index (χ1n) is 7.94. The summed E-state index contributed by atoms with van der Waals surface area (Å²) in [6, 6.07) is 18.5. The maximum Gasteiger partial charge on any atom is 0.336 e. The summed E-state index contributed by atoms with van der Waals surface area (Å²) in [5.41, 5.74) is 2.82. The molecule has 4 heteroatoms. The van der Waals surface area contributed by atoms with Gasteiger partial charge in [-0.1, -0.05) is 24.3 Å². The molecule has 0 saturated carbocycles. The minimum absolute atomic E-state index is 0.403. The zero-order valence-electron chi connectivity index (χ0n) is 13.9. The minimum atomic E-state index is -0.403. The van der Waals surface area contributed by atoms with Crippen molar-refractivity contribution in [2.45, 2.75) is 6.92 Å². The van der Waals surface area contributed by atoms with Crippen LogP contribution in [-0.2, 0) is 0 Å². The largest absolute Gasteiger partial charge is 0.496 e. The van der Waals surface area contributed by atoms with E-state index in [1.54, 1.807) is 13.2 Å². The number of aryl methyl sites for hydroxylation is 1. The van der Waals surface area contributed by atoms with Gasteiger partial charge in [0.2, 0.25) is 0 Å². The van der Waals surface area contributed by atoms with Crippen LogP contribution in [0.4, 0.5) is 0 Å². The average Bonchev–Trinajstić information content (AvgIpc) is 3.10. The predicted molar refractivity (Wildman–Crippen MR) is 96.9 cm³/mol. The third-order valence-corrected chi connectivity index (χ3v) is 4.14. The minimum Gasteiger partial charge on any atom is -0.496 e. The van der Waals surface area contributed by atoms with Gasteiger partial charge in [-0.25, -0.2) is 4.79 Å². The Labute approximate surface area is 144 Å². The molecule has 4 rings (SSSR count). The van der Waals surface area contributed by atoms with E-state index >= 15 is 0 Å². The fourth-order valence-electron chi connectivity index (χ4n) is 2.94. The first-order chi connectivity index (χ1) is 12.2. The Morgan fingerprint density at radius 3 is 2.40 bits per heavy atom. The molecule has 2 aromatic heterocycles. The second-order valence-corrected chi connectivity index (χ2v) is 5.84. The van der Waals surface area contributed by atoms with E-state index in [1.807, 2.05) is 55.5 Å². The number of para-hydroxylation sites is 1. The summed E-state index contributed by atoms with van der Waals surface area (Å²) in [6.07, 6.45) is 0. The molecule has 2 heterocycles. The number of hydrogen-bond acceptors (Lipinski definition) is 4. The summed E-state index contributed by atoms with van der Waals surface area (Å²) < 4.78 is 16.7. The van der Waals surface area contributed by atoms with Crippen molar-refractivity contribution >= 4 is 11.0 Å². The Morgan fingerprint density at radius 2 is 1.60 bits per heavy atom. The smallest absolute Gasteiger partial charge is 0.336 e. The highest BCUT2D eigenvalue weighted by molar-refractivity contribution is 5.92. The Morgan fingerprint density at radius 1 is 0.840 bits per heavy atom. The molecule has 4 nitrogen and oxygen atoms in total. The van der Waals surface area contributed by atoms with Crippen LogP contribution in [0.15, 0.2) is 74.3 Å². The van der Waals surface area contributed by atoms with Crippen LogP contribution >= 0.6 is 0 Å². The van der Waals surface area contributed by atoms with Crippen molar-refractivity contribution in [3.63, 3.8) is 0 Å². The lowest BCUT2D eigenvalue weighted by Crippen LogP contribution is -1.97. The van der Waals surface area contributed by atoms with E-state index in [9.17, 15) is 4.79 Å². The molecule has 4 aromatic rings. The summed E-state index contributed by atoms with van der Waals surface area (Å²) in [7, 11) is 1.64. The fraction of sp³-hybridized carbons (Fsp3) is 0.0952. The Kier molecular flexibility index (Phi) is 3.65. The van der Waals surface area contributed by atoms with E-state index in [0.717, 1.165) is 22.3 Å². The summed E-state index contributed by atoms with van der Waals surface area (Å²) in [4.78, 5) is 11.9. The molecule has 2 aromatic carbocycles. The molecule has 124 valence electrons. The van der Waals surface area contributed by atoms with Gasteiger partial charge in [0.25, 0.3) is 0 Å². The van der Waals surface area contributed by atoms with E-state index in [0.29, 0.717) is 22.7 Å². The van der Waals surface area contributed by atoms with Crippen molar-refractivity contribution in [1.82, 2.24) is 0 Å². The number of furan rings is 1. The SMILES string of the molecule is COc1cc(C)ccc1-c1ccc(-c2cc(=O)oc3ccccc23)o1. The van der Waals surface area contributed by atoms with Gasteiger partial charge in [0.05, 0.1) is 12.7 Å². The fourth-order valence-corrected chi connectivity index (χ4v) is 2.94. The molecule has 0 radical (unpaired) electrons. The normalized spacial score (nSPS) is 11.0. The van der Waals surface area contributed by atoms with Crippen LogP contribution in [0.2, 0.25) is 0 Å². The number of benzene rings is 2. The van der Waals surface area contributed by atoms with Crippen LogP contribution in [-0.4, -0.2) is 7.11 Å².